The van der Waals surface area contributed by atoms with Crippen molar-refractivity contribution in [1.82, 2.24) is 14.7 Å². The predicted octanol–water partition coefficient (Wildman–Crippen LogP) is 5.00. The van der Waals surface area contributed by atoms with E-state index in [1.165, 1.54) is 11.1 Å². The maximum atomic E-state index is 6.15. The fourth-order valence-corrected chi connectivity index (χ4v) is 3.22. The van der Waals surface area contributed by atoms with Crippen LogP contribution in [-0.4, -0.2) is 14.7 Å². The van der Waals surface area contributed by atoms with Gasteiger partial charge in [-0.15, -0.1) is 0 Å². The Balaban J connectivity index is 1.75. The average molecular weight is 364 g/mol. The highest BCUT2D eigenvalue weighted by atomic mass is 35.5. The molecule has 0 amide bonds. The molecule has 0 saturated heterocycles. The van der Waals surface area contributed by atoms with Gasteiger partial charge in [0, 0.05) is 16.8 Å². The summed E-state index contributed by atoms with van der Waals surface area (Å²) < 4.78 is 1.75. The van der Waals surface area contributed by atoms with E-state index in [9.17, 15) is 0 Å². The van der Waals surface area contributed by atoms with Gasteiger partial charge in [0.15, 0.2) is 11.5 Å². The topological polar surface area (TPSA) is 39.9 Å². The summed E-state index contributed by atoms with van der Waals surface area (Å²) in [5.74, 6) is 0.708. The zero-order valence-corrected chi connectivity index (χ0v) is 15.4. The first kappa shape index (κ1) is 16.6. The molecule has 4 nitrogen and oxygen atoms in total. The molecule has 0 bridgehead atoms. The van der Waals surface area contributed by atoms with Crippen molar-refractivity contribution in [3.05, 3.63) is 82.5 Å². The molecule has 0 fully saturated rings. The normalized spacial score (nSPS) is 11.0. The number of hydrogen-bond donors (Lipinski definition) is 0. The third-order valence-electron chi connectivity index (χ3n) is 4.13. The number of hydrogen-bond acceptors (Lipinski definition) is 3. The first-order valence-electron chi connectivity index (χ1n) is 8.40. The second kappa shape index (κ2) is 6.81. The minimum absolute atomic E-state index is 0.448. The third-order valence-corrected chi connectivity index (χ3v) is 4.39. The number of aryl methyl sites for hydroxylation is 2. The van der Waals surface area contributed by atoms with Gasteiger partial charge in [-0.2, -0.15) is 4.73 Å². The van der Waals surface area contributed by atoms with E-state index < -0.39 is 0 Å². The van der Waals surface area contributed by atoms with Gasteiger partial charge in [0.05, 0.1) is 0 Å². The van der Waals surface area contributed by atoms with Gasteiger partial charge in [0.2, 0.25) is 0 Å². The Bertz CT molecular complexity index is 1050. The van der Waals surface area contributed by atoms with E-state index in [2.05, 4.69) is 42.0 Å². The van der Waals surface area contributed by atoms with E-state index in [1.54, 1.807) is 10.9 Å². The smallest absolute Gasteiger partial charge is 0.181 e. The zero-order valence-electron chi connectivity index (χ0n) is 14.6. The monoisotopic (exact) mass is 363 g/mol. The largest absolute Gasteiger partial charge is 0.407 e. The van der Waals surface area contributed by atoms with E-state index in [4.69, 9.17) is 16.4 Å². The second-order valence-electron chi connectivity index (χ2n) is 6.35. The molecule has 0 radical (unpaired) electrons. The summed E-state index contributed by atoms with van der Waals surface area (Å²) in [6.07, 6.45) is 1.73. The van der Waals surface area contributed by atoms with Crippen LogP contribution in [0.25, 0.3) is 22.6 Å². The Morgan fingerprint density at radius 3 is 2.46 bits per heavy atom. The zero-order chi connectivity index (χ0) is 18.1. The summed E-state index contributed by atoms with van der Waals surface area (Å²) in [6, 6.07) is 17.8. The van der Waals surface area contributed by atoms with Gasteiger partial charge in [0.25, 0.3) is 0 Å². The van der Waals surface area contributed by atoms with Crippen LogP contribution in [0.1, 0.15) is 16.7 Å². The maximum Gasteiger partial charge on any atom is 0.181 e. The van der Waals surface area contributed by atoms with Gasteiger partial charge in [-0.25, -0.2) is 9.97 Å². The molecule has 2 aromatic heterocycles. The van der Waals surface area contributed by atoms with Crippen molar-refractivity contribution in [3.63, 3.8) is 0 Å². The van der Waals surface area contributed by atoms with Crippen LogP contribution in [0.3, 0.4) is 0 Å². The van der Waals surface area contributed by atoms with Gasteiger partial charge >= 0.3 is 0 Å². The number of benzene rings is 2. The third kappa shape index (κ3) is 3.28. The van der Waals surface area contributed by atoms with Crippen molar-refractivity contribution < 1.29 is 4.84 Å². The van der Waals surface area contributed by atoms with Crippen LogP contribution in [0.5, 0.6) is 0 Å². The highest BCUT2D eigenvalue weighted by molar-refractivity contribution is 6.30. The first-order valence-corrected chi connectivity index (χ1v) is 8.78. The van der Waals surface area contributed by atoms with Gasteiger partial charge < -0.3 is 4.84 Å². The second-order valence-corrected chi connectivity index (χ2v) is 6.79. The average Bonchev–Trinajstić information content (AvgIpc) is 2.98. The number of nitrogens with zero attached hydrogens (tertiary/aromatic N) is 3. The first-order chi connectivity index (χ1) is 12.6. The Morgan fingerprint density at radius 2 is 1.73 bits per heavy atom. The number of pyridine rings is 1. The minimum atomic E-state index is 0.448. The van der Waals surface area contributed by atoms with Crippen LogP contribution in [0.15, 0.2) is 60.8 Å². The van der Waals surface area contributed by atoms with E-state index in [0.717, 1.165) is 16.6 Å². The van der Waals surface area contributed by atoms with Crippen molar-refractivity contribution in [2.24, 2.45) is 0 Å². The molecule has 26 heavy (non-hydrogen) atoms. The molecule has 2 aromatic carbocycles. The van der Waals surface area contributed by atoms with E-state index in [0.29, 0.717) is 23.1 Å². The van der Waals surface area contributed by atoms with E-state index >= 15 is 0 Å². The van der Waals surface area contributed by atoms with Crippen molar-refractivity contribution in [1.29, 1.82) is 0 Å². The lowest BCUT2D eigenvalue weighted by Crippen LogP contribution is -2.13. The molecular formula is C21H18ClN3O. The number of aromatic nitrogens is 3. The minimum Gasteiger partial charge on any atom is -0.407 e. The van der Waals surface area contributed by atoms with Gasteiger partial charge in [0.1, 0.15) is 12.1 Å². The molecule has 0 spiro atoms. The Hall–Kier alpha value is -2.85. The van der Waals surface area contributed by atoms with Crippen LogP contribution in [0.2, 0.25) is 5.02 Å². The summed E-state index contributed by atoms with van der Waals surface area (Å²) in [4.78, 5) is 15.1. The fraction of sp³-hybridized carbons (Fsp3) is 0.143. The lowest BCUT2D eigenvalue weighted by molar-refractivity contribution is 0.110. The standard InChI is InChI=1S/C21H18ClN3O/c1-14-10-15(2)12-16(11-14)13-26-25-19-4-3-9-23-20(19)24-21(25)17-5-7-18(22)8-6-17/h3-12H,13H2,1-2H3. The lowest BCUT2D eigenvalue weighted by Gasteiger charge is -2.12. The van der Waals surface area contributed by atoms with Gasteiger partial charge in [-0.1, -0.05) is 40.9 Å². The highest BCUT2D eigenvalue weighted by Gasteiger charge is 2.14. The number of fused-ring (bicyclic) bond motifs is 1. The predicted molar refractivity (Wildman–Crippen MR) is 104 cm³/mol. The van der Waals surface area contributed by atoms with Gasteiger partial charge in [-0.05, 0) is 55.8 Å². The number of halogens is 1. The van der Waals surface area contributed by atoms with Crippen LogP contribution in [0, 0.1) is 13.8 Å². The molecule has 4 aromatic rings. The molecule has 2 heterocycles. The number of imidazole rings is 1. The van der Waals surface area contributed by atoms with Crippen molar-refractivity contribution >= 4 is 22.8 Å². The molecule has 130 valence electrons. The Morgan fingerprint density at radius 1 is 1.00 bits per heavy atom. The maximum absolute atomic E-state index is 6.15. The lowest BCUT2D eigenvalue weighted by atomic mass is 10.1. The molecule has 0 atom stereocenters. The van der Waals surface area contributed by atoms with E-state index in [-0.39, 0.29) is 0 Å². The molecule has 0 aliphatic rings. The molecule has 0 N–H and O–H groups in total. The molecule has 0 unspecified atom stereocenters. The van der Waals surface area contributed by atoms with E-state index in [1.807, 2.05) is 36.4 Å². The fourth-order valence-electron chi connectivity index (χ4n) is 3.10. The summed E-state index contributed by atoms with van der Waals surface area (Å²) in [6.45, 7) is 4.63. The molecule has 4 rings (SSSR count). The van der Waals surface area contributed by atoms with Crippen LogP contribution in [-0.2, 0) is 6.61 Å². The Kier molecular flexibility index (Phi) is 4.35. The number of rotatable bonds is 4. The molecular weight excluding hydrogens is 346 g/mol. The Labute approximate surface area is 157 Å². The summed E-state index contributed by atoms with van der Waals surface area (Å²) in [5, 5.41) is 0.686. The molecule has 0 aliphatic carbocycles. The molecule has 5 heteroatoms. The highest BCUT2D eigenvalue weighted by Crippen LogP contribution is 2.24. The molecule has 0 saturated carbocycles. The quantitative estimate of drug-likeness (QED) is 0.512. The van der Waals surface area contributed by atoms with Crippen molar-refractivity contribution in [2.75, 3.05) is 0 Å². The summed E-state index contributed by atoms with van der Waals surface area (Å²) >= 11 is 6.02. The molecule has 0 aliphatic heterocycles. The van der Waals surface area contributed by atoms with Crippen LogP contribution < -0.4 is 4.84 Å². The van der Waals surface area contributed by atoms with Crippen molar-refractivity contribution in [2.45, 2.75) is 20.5 Å². The van der Waals surface area contributed by atoms with Crippen LogP contribution in [0.4, 0.5) is 0 Å². The summed E-state index contributed by atoms with van der Waals surface area (Å²) in [5.41, 5.74) is 5.97. The summed E-state index contributed by atoms with van der Waals surface area (Å²) in [7, 11) is 0. The van der Waals surface area contributed by atoms with Crippen LogP contribution >= 0.6 is 11.6 Å². The van der Waals surface area contributed by atoms with Gasteiger partial charge in [-0.3, -0.25) is 0 Å². The SMILES string of the molecule is Cc1cc(C)cc(COn2c(-c3ccc(Cl)cc3)nc3ncccc32)c1. The van der Waals surface area contributed by atoms with Crippen molar-refractivity contribution in [3.8, 4) is 11.4 Å².